The number of nitrogens with one attached hydrogen (secondary N) is 1. The summed E-state index contributed by atoms with van der Waals surface area (Å²) in [6.45, 7) is 4.59. The van der Waals surface area contributed by atoms with E-state index in [9.17, 15) is 14.0 Å². The van der Waals surface area contributed by atoms with E-state index >= 15 is 0 Å². The Balaban J connectivity index is 1.74. The number of fused-ring (bicyclic) bond motifs is 1. The second-order valence-corrected chi connectivity index (χ2v) is 7.76. The van der Waals surface area contributed by atoms with Crippen LogP contribution in [0.3, 0.4) is 0 Å². The Bertz CT molecular complexity index is 867. The van der Waals surface area contributed by atoms with Crippen LogP contribution in [0.5, 0.6) is 0 Å². The van der Waals surface area contributed by atoms with E-state index in [0.717, 1.165) is 16.7 Å². The molecule has 1 N–H and O–H groups in total. The van der Waals surface area contributed by atoms with Gasteiger partial charge in [0, 0.05) is 6.54 Å². The SMILES string of the molecule is COC(=O)C1Cc2ccccc2CN1CC(=O)NC(c1ccc(F)cc1)C(C)C. The van der Waals surface area contributed by atoms with E-state index in [-0.39, 0.29) is 36.2 Å². The minimum atomic E-state index is -0.496. The quantitative estimate of drug-likeness (QED) is 0.759. The fourth-order valence-electron chi connectivity index (χ4n) is 3.82. The summed E-state index contributed by atoms with van der Waals surface area (Å²) in [5, 5.41) is 3.05. The molecule has 1 heterocycles. The lowest BCUT2D eigenvalue weighted by molar-refractivity contribution is -0.148. The molecular formula is C23H27FN2O3. The van der Waals surface area contributed by atoms with E-state index in [1.807, 2.05) is 43.0 Å². The largest absolute Gasteiger partial charge is 0.468 e. The Morgan fingerprint density at radius 2 is 1.79 bits per heavy atom. The second-order valence-electron chi connectivity index (χ2n) is 7.76. The summed E-state index contributed by atoms with van der Waals surface area (Å²) >= 11 is 0. The second kappa shape index (κ2) is 9.18. The molecule has 0 saturated heterocycles. The molecule has 3 rings (SSSR count). The van der Waals surface area contributed by atoms with E-state index in [1.165, 1.54) is 19.2 Å². The van der Waals surface area contributed by atoms with Gasteiger partial charge in [-0.05, 0) is 41.2 Å². The highest BCUT2D eigenvalue weighted by atomic mass is 19.1. The minimum absolute atomic E-state index is 0.0819. The molecule has 2 aromatic rings. The summed E-state index contributed by atoms with van der Waals surface area (Å²) in [6.07, 6.45) is 0.516. The van der Waals surface area contributed by atoms with Crippen molar-refractivity contribution in [1.82, 2.24) is 10.2 Å². The zero-order chi connectivity index (χ0) is 21.0. The zero-order valence-electron chi connectivity index (χ0n) is 17.0. The van der Waals surface area contributed by atoms with Crippen LogP contribution in [0.15, 0.2) is 48.5 Å². The molecule has 154 valence electrons. The molecule has 1 aliphatic rings. The van der Waals surface area contributed by atoms with Gasteiger partial charge in [-0.1, -0.05) is 50.2 Å². The van der Waals surface area contributed by atoms with Gasteiger partial charge < -0.3 is 10.1 Å². The molecule has 0 saturated carbocycles. The van der Waals surface area contributed by atoms with Gasteiger partial charge in [0.05, 0.1) is 19.7 Å². The van der Waals surface area contributed by atoms with Crippen LogP contribution in [0.25, 0.3) is 0 Å². The number of benzene rings is 2. The van der Waals surface area contributed by atoms with Crippen molar-refractivity contribution < 1.29 is 18.7 Å². The number of carbonyl (C=O) groups is 2. The standard InChI is InChI=1S/C23H27FN2O3/c1-15(2)22(16-8-10-19(24)11-9-16)25-21(27)14-26-13-18-7-5-4-6-17(18)12-20(26)23(28)29-3/h4-11,15,20,22H,12-14H2,1-3H3,(H,25,27). The normalized spacial score (nSPS) is 17.5. The molecule has 1 amide bonds. The Kier molecular flexibility index (Phi) is 6.64. The van der Waals surface area contributed by atoms with Crippen LogP contribution in [0.1, 0.15) is 36.6 Å². The lowest BCUT2D eigenvalue weighted by Crippen LogP contribution is -2.50. The third-order valence-electron chi connectivity index (χ3n) is 5.38. The van der Waals surface area contributed by atoms with Crippen molar-refractivity contribution in [3.63, 3.8) is 0 Å². The predicted molar refractivity (Wildman–Crippen MR) is 108 cm³/mol. The maximum absolute atomic E-state index is 13.3. The van der Waals surface area contributed by atoms with Crippen molar-refractivity contribution in [2.75, 3.05) is 13.7 Å². The molecule has 0 fully saturated rings. The first-order valence-corrected chi connectivity index (χ1v) is 9.82. The van der Waals surface area contributed by atoms with Crippen LogP contribution in [0, 0.1) is 11.7 Å². The molecule has 0 bridgehead atoms. The van der Waals surface area contributed by atoms with Crippen molar-refractivity contribution >= 4 is 11.9 Å². The number of carbonyl (C=O) groups excluding carboxylic acids is 2. The number of hydrogen-bond acceptors (Lipinski definition) is 4. The number of amides is 1. The van der Waals surface area contributed by atoms with Crippen LogP contribution in [-0.4, -0.2) is 36.5 Å². The molecular weight excluding hydrogens is 371 g/mol. The number of esters is 1. The highest BCUT2D eigenvalue weighted by molar-refractivity contribution is 5.81. The molecule has 0 radical (unpaired) electrons. The van der Waals surface area contributed by atoms with E-state index < -0.39 is 6.04 Å². The average Bonchev–Trinajstić information content (AvgIpc) is 2.71. The van der Waals surface area contributed by atoms with Crippen molar-refractivity contribution in [2.45, 2.75) is 38.9 Å². The van der Waals surface area contributed by atoms with Gasteiger partial charge >= 0.3 is 5.97 Å². The van der Waals surface area contributed by atoms with Gasteiger partial charge in [-0.25, -0.2) is 4.39 Å². The number of nitrogens with zero attached hydrogens (tertiary/aromatic N) is 1. The molecule has 0 aliphatic carbocycles. The minimum Gasteiger partial charge on any atom is -0.468 e. The molecule has 5 nitrogen and oxygen atoms in total. The molecule has 2 unspecified atom stereocenters. The van der Waals surface area contributed by atoms with Gasteiger partial charge in [0.1, 0.15) is 11.9 Å². The van der Waals surface area contributed by atoms with E-state index in [0.29, 0.717) is 13.0 Å². The van der Waals surface area contributed by atoms with Crippen LogP contribution in [0.4, 0.5) is 4.39 Å². The molecule has 2 atom stereocenters. The van der Waals surface area contributed by atoms with Crippen molar-refractivity contribution in [3.8, 4) is 0 Å². The van der Waals surface area contributed by atoms with E-state index in [2.05, 4.69) is 5.32 Å². The molecule has 6 heteroatoms. The van der Waals surface area contributed by atoms with Crippen LogP contribution < -0.4 is 5.32 Å². The smallest absolute Gasteiger partial charge is 0.323 e. The third-order valence-corrected chi connectivity index (χ3v) is 5.38. The molecule has 29 heavy (non-hydrogen) atoms. The van der Waals surface area contributed by atoms with Crippen molar-refractivity contribution in [2.24, 2.45) is 5.92 Å². The van der Waals surface area contributed by atoms with Gasteiger partial charge in [0.2, 0.25) is 5.91 Å². The molecule has 2 aromatic carbocycles. The molecule has 0 spiro atoms. The van der Waals surface area contributed by atoms with E-state index in [4.69, 9.17) is 4.74 Å². The maximum Gasteiger partial charge on any atom is 0.323 e. The first-order chi connectivity index (χ1) is 13.9. The number of methoxy groups -OCH3 is 1. The number of rotatable bonds is 6. The van der Waals surface area contributed by atoms with Crippen molar-refractivity contribution in [1.29, 1.82) is 0 Å². The Morgan fingerprint density at radius 1 is 1.14 bits per heavy atom. The van der Waals surface area contributed by atoms with E-state index in [1.54, 1.807) is 12.1 Å². The maximum atomic E-state index is 13.3. The number of hydrogen-bond donors (Lipinski definition) is 1. The number of halogens is 1. The van der Waals surface area contributed by atoms with Crippen LogP contribution in [-0.2, 0) is 27.3 Å². The first-order valence-electron chi connectivity index (χ1n) is 9.82. The van der Waals surface area contributed by atoms with Gasteiger partial charge in [-0.2, -0.15) is 0 Å². The zero-order valence-corrected chi connectivity index (χ0v) is 17.0. The monoisotopic (exact) mass is 398 g/mol. The topological polar surface area (TPSA) is 58.6 Å². The summed E-state index contributed by atoms with van der Waals surface area (Å²) < 4.78 is 18.2. The Morgan fingerprint density at radius 3 is 2.41 bits per heavy atom. The molecule has 0 aromatic heterocycles. The highest BCUT2D eigenvalue weighted by Crippen LogP contribution is 2.25. The number of ether oxygens (including phenoxy) is 1. The summed E-state index contributed by atoms with van der Waals surface area (Å²) in [7, 11) is 1.37. The fourth-order valence-corrected chi connectivity index (χ4v) is 3.82. The summed E-state index contributed by atoms with van der Waals surface area (Å²) in [6, 6.07) is 13.4. The van der Waals surface area contributed by atoms with Gasteiger partial charge in [-0.3, -0.25) is 14.5 Å². The first kappa shape index (κ1) is 21.0. The van der Waals surface area contributed by atoms with Gasteiger partial charge in [0.15, 0.2) is 0 Å². The van der Waals surface area contributed by atoms with Crippen LogP contribution in [0.2, 0.25) is 0 Å². The Hall–Kier alpha value is -2.73. The summed E-state index contributed by atoms with van der Waals surface area (Å²) in [4.78, 5) is 27.0. The van der Waals surface area contributed by atoms with Crippen molar-refractivity contribution in [3.05, 3.63) is 71.0 Å². The molecule has 1 aliphatic heterocycles. The van der Waals surface area contributed by atoms with Crippen LogP contribution >= 0.6 is 0 Å². The lowest BCUT2D eigenvalue weighted by atomic mass is 9.93. The highest BCUT2D eigenvalue weighted by Gasteiger charge is 2.33. The Labute approximate surface area is 170 Å². The summed E-state index contributed by atoms with van der Waals surface area (Å²) in [5.41, 5.74) is 3.06. The van der Waals surface area contributed by atoms with Gasteiger partial charge in [0.25, 0.3) is 0 Å². The summed E-state index contributed by atoms with van der Waals surface area (Å²) in [5.74, 6) is -0.703. The average molecular weight is 398 g/mol. The third kappa shape index (κ3) is 5.01. The predicted octanol–water partition coefficient (Wildman–Crippen LogP) is 3.24. The lowest BCUT2D eigenvalue weighted by Gasteiger charge is -2.35. The van der Waals surface area contributed by atoms with Gasteiger partial charge in [-0.15, -0.1) is 0 Å². The fraction of sp³-hybridized carbons (Fsp3) is 0.391.